The number of aliphatic hydroxyl groups excluding tert-OH is 1. The van der Waals surface area contributed by atoms with Gasteiger partial charge in [0.2, 0.25) is 0 Å². The number of halogens is 2. The Morgan fingerprint density at radius 2 is 1.00 bits per heavy atom. The number of aliphatic hydroxyl groups is 1. The lowest BCUT2D eigenvalue weighted by molar-refractivity contribution is 0.220. The van der Waals surface area contributed by atoms with Crippen molar-refractivity contribution >= 4 is 0 Å². The van der Waals surface area contributed by atoms with Crippen molar-refractivity contribution in [2.75, 3.05) is 0 Å². The standard InChI is InChI=1S/C13H10F2O.C2H2/c14-11-5-1-9(2-6-11)13(16)10-3-7-12(15)8-4-10;1-2/h1-8,13,16H;1-2H. The average Bonchev–Trinajstić information content (AvgIpc) is 2.42. The van der Waals surface area contributed by atoms with E-state index in [0.29, 0.717) is 11.1 Å². The Hall–Kier alpha value is -2.18. The molecule has 0 saturated heterocycles. The van der Waals surface area contributed by atoms with Gasteiger partial charge in [-0.15, -0.1) is 12.8 Å². The zero-order valence-corrected chi connectivity index (χ0v) is 9.55. The highest BCUT2D eigenvalue weighted by molar-refractivity contribution is 5.29. The lowest BCUT2D eigenvalue weighted by Gasteiger charge is -2.11. The predicted molar refractivity (Wildman–Crippen MR) is 66.8 cm³/mol. The monoisotopic (exact) mass is 246 g/mol. The molecule has 2 rings (SSSR count). The number of benzene rings is 2. The Balaban J connectivity index is 0.000000771. The third-order valence-electron chi connectivity index (χ3n) is 2.37. The van der Waals surface area contributed by atoms with Crippen LogP contribution in [0.5, 0.6) is 0 Å². The van der Waals surface area contributed by atoms with Crippen LogP contribution in [0.2, 0.25) is 0 Å². The van der Waals surface area contributed by atoms with Gasteiger partial charge in [-0.25, -0.2) is 8.78 Å². The molecule has 0 heterocycles. The lowest BCUT2D eigenvalue weighted by atomic mass is 10.0. The van der Waals surface area contributed by atoms with Crippen LogP contribution in [0.1, 0.15) is 17.2 Å². The third-order valence-corrected chi connectivity index (χ3v) is 2.37. The first-order valence-electron chi connectivity index (χ1n) is 5.19. The van der Waals surface area contributed by atoms with Crippen molar-refractivity contribution in [1.29, 1.82) is 0 Å². The van der Waals surface area contributed by atoms with Crippen molar-refractivity contribution < 1.29 is 13.9 Å². The van der Waals surface area contributed by atoms with Crippen molar-refractivity contribution in [3.8, 4) is 12.8 Å². The summed E-state index contributed by atoms with van der Waals surface area (Å²) in [5, 5.41) is 9.93. The first-order valence-corrected chi connectivity index (χ1v) is 5.19. The molecule has 2 aromatic rings. The molecule has 0 bridgehead atoms. The molecule has 0 aliphatic heterocycles. The number of rotatable bonds is 2. The maximum absolute atomic E-state index is 12.7. The molecule has 18 heavy (non-hydrogen) atoms. The topological polar surface area (TPSA) is 20.2 Å². The zero-order chi connectivity index (χ0) is 13.5. The van der Waals surface area contributed by atoms with Crippen molar-refractivity contribution in [3.05, 3.63) is 71.3 Å². The second-order valence-corrected chi connectivity index (χ2v) is 3.51. The molecule has 3 heteroatoms. The van der Waals surface area contributed by atoms with E-state index >= 15 is 0 Å². The molecule has 1 nitrogen and oxygen atoms in total. The Bertz CT molecular complexity index is 455. The van der Waals surface area contributed by atoms with Gasteiger partial charge in [0, 0.05) is 0 Å². The molecule has 0 atom stereocenters. The Morgan fingerprint density at radius 3 is 1.28 bits per heavy atom. The van der Waals surface area contributed by atoms with Crippen molar-refractivity contribution in [2.45, 2.75) is 6.10 Å². The molecule has 2 aromatic carbocycles. The van der Waals surface area contributed by atoms with E-state index in [-0.39, 0.29) is 11.6 Å². The fraction of sp³-hybridized carbons (Fsp3) is 0.0667. The minimum Gasteiger partial charge on any atom is -0.384 e. The smallest absolute Gasteiger partial charge is 0.123 e. The summed E-state index contributed by atoms with van der Waals surface area (Å²) in [5.41, 5.74) is 1.15. The Morgan fingerprint density at radius 1 is 0.722 bits per heavy atom. The molecule has 92 valence electrons. The van der Waals surface area contributed by atoms with Gasteiger partial charge in [0.05, 0.1) is 0 Å². The largest absolute Gasteiger partial charge is 0.384 e. The molecular weight excluding hydrogens is 234 g/mol. The van der Waals surface area contributed by atoms with Gasteiger partial charge >= 0.3 is 0 Å². The quantitative estimate of drug-likeness (QED) is 0.806. The summed E-state index contributed by atoms with van der Waals surface area (Å²) in [4.78, 5) is 0. The minimum absolute atomic E-state index is 0.352. The van der Waals surface area contributed by atoms with E-state index in [1.165, 1.54) is 48.5 Å². The maximum atomic E-state index is 12.7. The Kier molecular flexibility index (Phi) is 5.04. The van der Waals surface area contributed by atoms with Crippen molar-refractivity contribution in [2.24, 2.45) is 0 Å². The van der Waals surface area contributed by atoms with Gasteiger partial charge in [-0.3, -0.25) is 0 Å². The summed E-state index contributed by atoms with van der Waals surface area (Å²) in [6.07, 6.45) is 7.14. The molecule has 1 N–H and O–H groups in total. The normalized spacial score (nSPS) is 9.67. The van der Waals surface area contributed by atoms with Crippen LogP contribution in [0, 0.1) is 24.5 Å². The molecule has 0 aliphatic carbocycles. The van der Waals surface area contributed by atoms with Crippen molar-refractivity contribution in [3.63, 3.8) is 0 Å². The first kappa shape index (κ1) is 13.9. The molecule has 0 unspecified atom stereocenters. The molecule has 0 fully saturated rings. The second-order valence-electron chi connectivity index (χ2n) is 3.51. The average molecular weight is 246 g/mol. The van der Waals surface area contributed by atoms with Crippen LogP contribution in [0.3, 0.4) is 0 Å². The van der Waals surface area contributed by atoms with Gasteiger partial charge < -0.3 is 5.11 Å². The third kappa shape index (κ3) is 3.41. The highest BCUT2D eigenvalue weighted by Gasteiger charge is 2.09. The zero-order valence-electron chi connectivity index (χ0n) is 9.55. The van der Waals surface area contributed by atoms with Crippen LogP contribution in [0.15, 0.2) is 48.5 Å². The Labute approximate surface area is 105 Å². The van der Waals surface area contributed by atoms with E-state index < -0.39 is 6.10 Å². The van der Waals surface area contributed by atoms with Crippen LogP contribution >= 0.6 is 0 Å². The van der Waals surface area contributed by atoms with Gasteiger partial charge in [0.15, 0.2) is 0 Å². The van der Waals surface area contributed by atoms with Crippen LogP contribution in [-0.2, 0) is 0 Å². The van der Waals surface area contributed by atoms with Crippen LogP contribution in [-0.4, -0.2) is 5.11 Å². The van der Waals surface area contributed by atoms with E-state index in [9.17, 15) is 13.9 Å². The molecule has 0 radical (unpaired) electrons. The highest BCUT2D eigenvalue weighted by Crippen LogP contribution is 2.22. The van der Waals surface area contributed by atoms with Gasteiger partial charge in [-0.2, -0.15) is 0 Å². The van der Waals surface area contributed by atoms with E-state index in [1.54, 1.807) is 0 Å². The molecular formula is C15H12F2O. The highest BCUT2D eigenvalue weighted by atomic mass is 19.1. The van der Waals surface area contributed by atoms with Gasteiger partial charge in [0.25, 0.3) is 0 Å². The van der Waals surface area contributed by atoms with E-state index in [2.05, 4.69) is 12.8 Å². The molecule has 0 saturated carbocycles. The van der Waals surface area contributed by atoms with E-state index in [4.69, 9.17) is 0 Å². The van der Waals surface area contributed by atoms with Gasteiger partial charge in [0.1, 0.15) is 17.7 Å². The first-order chi connectivity index (χ1) is 8.66. The van der Waals surface area contributed by atoms with Gasteiger partial charge in [-0.05, 0) is 35.4 Å². The van der Waals surface area contributed by atoms with Gasteiger partial charge in [-0.1, -0.05) is 24.3 Å². The summed E-state index contributed by atoms with van der Waals surface area (Å²) in [6.45, 7) is 0. The predicted octanol–water partition coefficient (Wildman–Crippen LogP) is 3.30. The number of hydrogen-bond acceptors (Lipinski definition) is 1. The maximum Gasteiger partial charge on any atom is 0.123 e. The van der Waals surface area contributed by atoms with Crippen LogP contribution in [0.4, 0.5) is 8.78 Å². The summed E-state index contributed by atoms with van der Waals surface area (Å²) in [6, 6.07) is 11.1. The second kappa shape index (κ2) is 6.53. The van der Waals surface area contributed by atoms with Crippen LogP contribution in [0.25, 0.3) is 0 Å². The fourth-order valence-electron chi connectivity index (χ4n) is 1.48. The molecule has 0 spiro atoms. The SMILES string of the molecule is C#C.OC(c1ccc(F)cc1)c1ccc(F)cc1. The lowest BCUT2D eigenvalue weighted by Crippen LogP contribution is -1.99. The van der Waals surface area contributed by atoms with E-state index in [0.717, 1.165) is 0 Å². The molecule has 0 aliphatic rings. The summed E-state index contributed by atoms with van der Waals surface area (Å²) >= 11 is 0. The number of terminal acetylenes is 1. The summed E-state index contributed by atoms with van der Waals surface area (Å²) in [5.74, 6) is -0.704. The summed E-state index contributed by atoms with van der Waals surface area (Å²) in [7, 11) is 0. The van der Waals surface area contributed by atoms with E-state index in [1.807, 2.05) is 0 Å². The number of hydrogen-bond donors (Lipinski definition) is 1. The minimum atomic E-state index is -0.860. The molecule has 0 aromatic heterocycles. The molecule has 0 amide bonds. The fourth-order valence-corrected chi connectivity index (χ4v) is 1.48. The van der Waals surface area contributed by atoms with Crippen molar-refractivity contribution in [1.82, 2.24) is 0 Å². The van der Waals surface area contributed by atoms with Crippen LogP contribution < -0.4 is 0 Å². The summed E-state index contributed by atoms with van der Waals surface area (Å²) < 4.78 is 25.3.